The van der Waals surface area contributed by atoms with E-state index in [0.29, 0.717) is 5.69 Å². The molecule has 0 atom stereocenters. The molecule has 0 unspecified atom stereocenters. The molecule has 1 N–H and O–H groups in total. The second kappa shape index (κ2) is 12.6. The van der Waals surface area contributed by atoms with Crippen LogP contribution in [0.1, 0.15) is 5.56 Å². The molecular formula is C27H31N3O7S3. The number of nitrogens with one attached hydrogen (secondary N) is 1. The molecule has 0 aromatic heterocycles. The third-order valence-electron chi connectivity index (χ3n) is 6.29. The van der Waals surface area contributed by atoms with Crippen molar-refractivity contribution >= 4 is 49.1 Å². The highest BCUT2D eigenvalue weighted by Crippen LogP contribution is 2.31. The van der Waals surface area contributed by atoms with Gasteiger partial charge in [-0.15, -0.1) is 11.8 Å². The van der Waals surface area contributed by atoms with E-state index in [0.717, 1.165) is 14.8 Å². The van der Waals surface area contributed by atoms with Crippen LogP contribution in [0.2, 0.25) is 0 Å². The quantitative estimate of drug-likeness (QED) is 0.348. The van der Waals surface area contributed by atoms with Crippen molar-refractivity contribution in [2.75, 3.05) is 55.8 Å². The molecule has 10 nitrogen and oxygen atoms in total. The molecule has 214 valence electrons. The Hall–Kier alpha value is -3.10. The van der Waals surface area contributed by atoms with E-state index >= 15 is 0 Å². The van der Waals surface area contributed by atoms with E-state index in [4.69, 9.17) is 9.47 Å². The minimum absolute atomic E-state index is 0.0435. The van der Waals surface area contributed by atoms with Crippen molar-refractivity contribution < 1.29 is 31.1 Å². The van der Waals surface area contributed by atoms with E-state index < -0.39 is 32.5 Å². The lowest BCUT2D eigenvalue weighted by molar-refractivity contribution is -0.114. The maximum atomic E-state index is 13.7. The molecule has 3 aromatic rings. The van der Waals surface area contributed by atoms with Crippen LogP contribution in [-0.2, 0) is 29.6 Å². The van der Waals surface area contributed by atoms with Crippen LogP contribution >= 0.6 is 11.8 Å². The molecule has 0 spiro atoms. The first kappa shape index (κ1) is 29.9. The zero-order valence-electron chi connectivity index (χ0n) is 22.4. The number of aryl methyl sites for hydroxylation is 1. The van der Waals surface area contributed by atoms with Crippen LogP contribution in [0.4, 0.5) is 11.4 Å². The van der Waals surface area contributed by atoms with Crippen LogP contribution in [0, 0.1) is 6.92 Å². The largest absolute Gasteiger partial charge is 0.495 e. The van der Waals surface area contributed by atoms with Crippen LogP contribution in [0.15, 0.2) is 81.4 Å². The number of morpholine rings is 1. The van der Waals surface area contributed by atoms with Crippen molar-refractivity contribution in [1.82, 2.24) is 4.31 Å². The lowest BCUT2D eigenvalue weighted by Crippen LogP contribution is -2.40. The van der Waals surface area contributed by atoms with Gasteiger partial charge in [0.15, 0.2) is 0 Å². The number of thioether (sulfide) groups is 1. The summed E-state index contributed by atoms with van der Waals surface area (Å²) in [7, 11) is -6.67. The van der Waals surface area contributed by atoms with E-state index in [1.165, 1.54) is 53.5 Å². The number of rotatable bonds is 10. The van der Waals surface area contributed by atoms with Crippen LogP contribution in [0.5, 0.6) is 5.75 Å². The number of anilines is 2. The van der Waals surface area contributed by atoms with Gasteiger partial charge in [0.2, 0.25) is 15.9 Å². The standard InChI is InChI=1S/C27H31N3O7S3/c1-20-4-7-22(8-5-20)30(39(32,33)24-11-9-23(38-3)10-12-24)19-27(31)28-21-6-13-25(36-2)26(18-21)40(34,35)29-14-16-37-17-15-29/h4-13,18H,14-17,19H2,1-3H3,(H,28,31). The Balaban J connectivity index is 1.63. The molecule has 40 heavy (non-hydrogen) atoms. The lowest BCUT2D eigenvalue weighted by Gasteiger charge is -2.27. The Labute approximate surface area is 239 Å². The molecule has 1 heterocycles. The monoisotopic (exact) mass is 605 g/mol. The molecular weight excluding hydrogens is 575 g/mol. The van der Waals surface area contributed by atoms with Gasteiger partial charge in [0.1, 0.15) is 17.2 Å². The maximum absolute atomic E-state index is 13.7. The first-order chi connectivity index (χ1) is 19.1. The molecule has 0 saturated carbocycles. The van der Waals surface area contributed by atoms with Crippen LogP contribution in [0.3, 0.4) is 0 Å². The summed E-state index contributed by atoms with van der Waals surface area (Å²) in [6, 6.07) is 17.5. The number of hydrogen-bond donors (Lipinski definition) is 1. The van der Waals surface area contributed by atoms with Crippen molar-refractivity contribution in [2.24, 2.45) is 0 Å². The van der Waals surface area contributed by atoms with Gasteiger partial charge in [0, 0.05) is 23.7 Å². The van der Waals surface area contributed by atoms with Gasteiger partial charge in [-0.05, 0) is 67.8 Å². The molecule has 1 aliphatic rings. The SMILES string of the molecule is COc1ccc(NC(=O)CN(c2ccc(C)cc2)S(=O)(=O)c2ccc(SC)cc2)cc1S(=O)(=O)N1CCOCC1. The number of ether oxygens (including phenoxy) is 2. The van der Waals surface area contributed by atoms with Crippen molar-refractivity contribution in [1.29, 1.82) is 0 Å². The summed E-state index contributed by atoms with van der Waals surface area (Å²) in [4.78, 5) is 14.1. The molecule has 13 heteroatoms. The molecule has 1 fully saturated rings. The molecule has 0 aliphatic carbocycles. The van der Waals surface area contributed by atoms with Crippen molar-refractivity contribution in [3.63, 3.8) is 0 Å². The zero-order valence-corrected chi connectivity index (χ0v) is 24.8. The normalized spacial score (nSPS) is 14.5. The van der Waals surface area contributed by atoms with Crippen LogP contribution in [-0.4, -0.2) is 73.3 Å². The first-order valence-electron chi connectivity index (χ1n) is 12.4. The van der Waals surface area contributed by atoms with Gasteiger partial charge in [-0.2, -0.15) is 4.31 Å². The number of carbonyl (C=O) groups is 1. The fraction of sp³-hybridized carbons (Fsp3) is 0.296. The minimum Gasteiger partial charge on any atom is -0.495 e. The predicted molar refractivity (Wildman–Crippen MR) is 155 cm³/mol. The number of methoxy groups -OCH3 is 1. The molecule has 1 saturated heterocycles. The van der Waals surface area contributed by atoms with E-state index in [-0.39, 0.29) is 47.5 Å². The molecule has 3 aromatic carbocycles. The summed E-state index contributed by atoms with van der Waals surface area (Å²) in [5, 5.41) is 2.65. The van der Waals surface area contributed by atoms with Gasteiger partial charge in [0.25, 0.3) is 10.0 Å². The summed E-state index contributed by atoms with van der Waals surface area (Å²) in [6.45, 7) is 2.30. The van der Waals surface area contributed by atoms with Crippen molar-refractivity contribution in [2.45, 2.75) is 21.6 Å². The summed E-state index contributed by atoms with van der Waals surface area (Å²) < 4.78 is 66.9. The molecule has 1 aliphatic heterocycles. The van der Waals surface area contributed by atoms with Gasteiger partial charge < -0.3 is 14.8 Å². The molecule has 4 rings (SSSR count). The van der Waals surface area contributed by atoms with Gasteiger partial charge in [-0.25, -0.2) is 16.8 Å². The maximum Gasteiger partial charge on any atom is 0.264 e. The van der Waals surface area contributed by atoms with Crippen LogP contribution < -0.4 is 14.4 Å². The van der Waals surface area contributed by atoms with Gasteiger partial charge in [-0.3, -0.25) is 9.10 Å². The van der Waals surface area contributed by atoms with E-state index in [2.05, 4.69) is 5.32 Å². The Morgan fingerprint density at radius 2 is 1.65 bits per heavy atom. The molecule has 1 amide bonds. The highest BCUT2D eigenvalue weighted by atomic mass is 32.2. The van der Waals surface area contributed by atoms with Crippen molar-refractivity contribution in [3.8, 4) is 5.75 Å². The smallest absolute Gasteiger partial charge is 0.264 e. The minimum atomic E-state index is -4.11. The highest BCUT2D eigenvalue weighted by molar-refractivity contribution is 7.98. The number of nitrogens with zero attached hydrogens (tertiary/aromatic N) is 2. The van der Waals surface area contributed by atoms with E-state index in [1.807, 2.05) is 13.2 Å². The average molecular weight is 606 g/mol. The first-order valence-corrected chi connectivity index (χ1v) is 16.5. The topological polar surface area (TPSA) is 122 Å². The molecule has 0 bridgehead atoms. The fourth-order valence-corrected chi connectivity index (χ4v) is 7.53. The predicted octanol–water partition coefficient (Wildman–Crippen LogP) is 3.58. The summed E-state index contributed by atoms with van der Waals surface area (Å²) in [6.07, 6.45) is 1.89. The number of carbonyl (C=O) groups excluding carboxylic acids is 1. The summed E-state index contributed by atoms with van der Waals surface area (Å²) in [5.41, 5.74) is 1.44. The fourth-order valence-electron chi connectivity index (χ4n) is 4.11. The third kappa shape index (κ3) is 6.61. The second-order valence-corrected chi connectivity index (χ2v) is 13.6. The second-order valence-electron chi connectivity index (χ2n) is 8.95. The van der Waals surface area contributed by atoms with E-state index in [9.17, 15) is 21.6 Å². The van der Waals surface area contributed by atoms with Gasteiger partial charge in [0.05, 0.1) is 30.9 Å². The van der Waals surface area contributed by atoms with Gasteiger partial charge in [-0.1, -0.05) is 17.7 Å². The third-order valence-corrected chi connectivity index (χ3v) is 10.7. The molecule has 0 radical (unpaired) electrons. The Morgan fingerprint density at radius 3 is 2.25 bits per heavy atom. The average Bonchev–Trinajstić information content (AvgIpc) is 2.97. The number of hydrogen-bond acceptors (Lipinski definition) is 8. The number of amides is 1. The Bertz CT molecular complexity index is 1550. The summed E-state index contributed by atoms with van der Waals surface area (Å²) in [5.74, 6) is -0.521. The number of sulfonamides is 2. The van der Waals surface area contributed by atoms with Crippen LogP contribution in [0.25, 0.3) is 0 Å². The Kier molecular flexibility index (Phi) is 9.41. The van der Waals surface area contributed by atoms with Crippen molar-refractivity contribution in [3.05, 3.63) is 72.3 Å². The zero-order chi connectivity index (χ0) is 28.9. The Morgan fingerprint density at radius 1 is 1.00 bits per heavy atom. The van der Waals surface area contributed by atoms with Gasteiger partial charge >= 0.3 is 0 Å². The number of benzene rings is 3. The van der Waals surface area contributed by atoms with E-state index in [1.54, 1.807) is 36.4 Å². The summed E-state index contributed by atoms with van der Waals surface area (Å²) >= 11 is 1.49. The lowest BCUT2D eigenvalue weighted by atomic mass is 10.2. The highest BCUT2D eigenvalue weighted by Gasteiger charge is 2.31.